The van der Waals surface area contributed by atoms with E-state index in [1.54, 1.807) is 31.2 Å². The maximum Gasteiger partial charge on any atom is 0.286 e. The fraction of sp³-hybridized carbons (Fsp3) is 0.220. The van der Waals surface area contributed by atoms with Crippen LogP contribution in [0, 0.1) is 20.2 Å². The van der Waals surface area contributed by atoms with Crippen molar-refractivity contribution in [3.05, 3.63) is 187 Å². The quantitative estimate of drug-likeness (QED) is 0.0618. The predicted molar refractivity (Wildman–Crippen MR) is 268 cm³/mol. The highest BCUT2D eigenvalue weighted by Gasteiger charge is 2.39. The zero-order valence-corrected chi connectivity index (χ0v) is 39.4. The van der Waals surface area contributed by atoms with Crippen molar-refractivity contribution in [1.29, 1.82) is 0 Å². The van der Waals surface area contributed by atoms with Crippen molar-refractivity contribution in [2.45, 2.75) is 52.0 Å². The molecule has 2 heterocycles. The first kappa shape index (κ1) is 51.6. The normalized spacial score (nSPS) is 14.0. The van der Waals surface area contributed by atoms with Crippen LogP contribution in [0.5, 0.6) is 23.0 Å². The summed E-state index contributed by atoms with van der Waals surface area (Å²) in [5, 5.41) is 33.5. The zero-order valence-electron chi connectivity index (χ0n) is 38.4. The van der Waals surface area contributed by atoms with Gasteiger partial charge >= 0.3 is 0 Å². The number of fused-ring (bicyclic) bond motifs is 2. The third-order valence-corrected chi connectivity index (χ3v) is 10.8. The Bertz CT molecular complexity index is 2740. The Morgan fingerprint density at radius 1 is 0.662 bits per heavy atom. The number of anilines is 2. The van der Waals surface area contributed by atoms with Gasteiger partial charge in [0.25, 0.3) is 23.2 Å². The number of aldehydes is 1. The Morgan fingerprint density at radius 3 is 1.47 bits per heavy atom. The molecule has 1 N–H and O–H groups in total. The van der Waals surface area contributed by atoms with Crippen molar-refractivity contribution in [3.63, 3.8) is 0 Å². The number of aliphatic hydroxyl groups excluding tert-OH is 1. The van der Waals surface area contributed by atoms with E-state index in [0.29, 0.717) is 37.4 Å². The number of rotatable bonds is 14. The molecular weight excluding hydrogens is 913 g/mol. The maximum atomic E-state index is 13.5. The number of benzene rings is 6. The average molecular weight is 966 g/mol. The molecule has 356 valence electrons. The molecule has 0 saturated carbocycles. The molecule has 0 bridgehead atoms. The van der Waals surface area contributed by atoms with Crippen molar-refractivity contribution in [1.82, 2.24) is 0 Å². The molecule has 0 unspecified atom stereocenters. The van der Waals surface area contributed by atoms with E-state index in [4.69, 9.17) is 20.3 Å². The fourth-order valence-electron chi connectivity index (χ4n) is 7.68. The van der Waals surface area contributed by atoms with Gasteiger partial charge in [-0.3, -0.25) is 34.7 Å². The van der Waals surface area contributed by atoms with Crippen LogP contribution in [0.3, 0.4) is 0 Å². The third-order valence-electron chi connectivity index (χ3n) is 10.8. The summed E-state index contributed by atoms with van der Waals surface area (Å²) >= 11 is 0. The first-order valence-electron chi connectivity index (χ1n) is 21.4. The lowest BCUT2D eigenvalue weighted by Crippen LogP contribution is -2.40. The molecule has 0 aliphatic carbocycles. The highest BCUT2D eigenvalue weighted by Crippen LogP contribution is 2.41. The first-order chi connectivity index (χ1) is 32.5. The topological polar surface area (TPSA) is 201 Å². The van der Waals surface area contributed by atoms with Gasteiger partial charge in [0.15, 0.2) is 23.0 Å². The lowest BCUT2D eigenvalue weighted by molar-refractivity contribution is -0.385. The smallest absolute Gasteiger partial charge is 0.286 e. The Kier molecular flexibility index (Phi) is 18.9. The molecule has 6 aromatic rings. The minimum Gasteiger partial charge on any atom is -0.493 e. The number of hydrogen-bond acceptors (Lipinski definition) is 12. The largest absolute Gasteiger partial charge is 0.493 e. The van der Waals surface area contributed by atoms with Gasteiger partial charge in [-0.1, -0.05) is 111 Å². The monoisotopic (exact) mass is 965 g/mol. The minimum atomic E-state index is -0.737. The molecule has 68 heavy (non-hydrogen) atoms. The van der Waals surface area contributed by atoms with E-state index in [1.165, 1.54) is 48.3 Å². The number of carbonyl (C=O) groups excluding carboxylic acids is 3. The van der Waals surface area contributed by atoms with Crippen LogP contribution in [0.2, 0.25) is 0 Å². The molecule has 8 rings (SSSR count). The van der Waals surface area contributed by atoms with E-state index >= 15 is 0 Å². The van der Waals surface area contributed by atoms with Crippen LogP contribution in [-0.2, 0) is 30.8 Å². The Morgan fingerprint density at radius 2 is 1.06 bits per heavy atom. The van der Waals surface area contributed by atoms with Gasteiger partial charge in [0.05, 0.1) is 54.9 Å². The number of para-hydroxylation sites is 2. The summed E-state index contributed by atoms with van der Waals surface area (Å²) in [5.74, 6) is -0.512. The van der Waals surface area contributed by atoms with Gasteiger partial charge in [-0.15, -0.1) is 0 Å². The number of ether oxygens (including phenoxy) is 4. The SMILES string of the molecule is COc1cc(C(=O)N2c3ccccc3C[C@H]2C=O)c([N+](=O)[O-])cc1OCc1ccccc1.COc1cc(C(=O)N2c3ccccc3C[C@H]2CO)c([N+](=O)[O-])cc1OCc1ccccc1.S.S.[2H]CC. The van der Waals surface area contributed by atoms with Crippen molar-refractivity contribution in [3.8, 4) is 23.0 Å². The molecule has 0 spiro atoms. The van der Waals surface area contributed by atoms with Gasteiger partial charge < -0.3 is 33.7 Å². The second-order valence-electron chi connectivity index (χ2n) is 14.7. The third kappa shape index (κ3) is 11.8. The van der Waals surface area contributed by atoms with E-state index in [0.717, 1.165) is 22.3 Å². The summed E-state index contributed by atoms with van der Waals surface area (Å²) in [6.45, 7) is 2.39. The Hall–Kier alpha value is -7.41. The van der Waals surface area contributed by atoms with E-state index in [2.05, 4.69) is 0 Å². The average Bonchev–Trinajstić information content (AvgIpc) is 3.93. The van der Waals surface area contributed by atoms with Crippen molar-refractivity contribution in [2.75, 3.05) is 30.6 Å². The second kappa shape index (κ2) is 24.9. The van der Waals surface area contributed by atoms with Crippen LogP contribution in [-0.4, -0.2) is 66.0 Å². The number of nitro benzene ring substituents is 2. The molecule has 2 aliphatic rings. The van der Waals surface area contributed by atoms with Crippen LogP contribution < -0.4 is 28.7 Å². The van der Waals surface area contributed by atoms with E-state index in [1.807, 2.05) is 84.9 Å². The summed E-state index contributed by atoms with van der Waals surface area (Å²) in [7, 11) is 2.80. The minimum absolute atomic E-state index is 0. The summed E-state index contributed by atoms with van der Waals surface area (Å²) in [4.78, 5) is 63.7. The van der Waals surface area contributed by atoms with Gasteiger partial charge in [0.2, 0.25) is 0 Å². The van der Waals surface area contributed by atoms with Crippen molar-refractivity contribution in [2.24, 2.45) is 0 Å². The number of hydrogen-bond donors (Lipinski definition) is 1. The number of nitrogens with zero attached hydrogens (tertiary/aromatic N) is 4. The summed E-state index contributed by atoms with van der Waals surface area (Å²) < 4.78 is 28.5. The maximum absolute atomic E-state index is 13.5. The molecule has 0 saturated heterocycles. The number of methoxy groups -OCH3 is 2. The van der Waals surface area contributed by atoms with Crippen LogP contribution >= 0.6 is 27.0 Å². The molecule has 18 heteroatoms. The highest BCUT2D eigenvalue weighted by atomic mass is 32.1. The number of amides is 2. The molecule has 6 aromatic carbocycles. The molecule has 0 radical (unpaired) electrons. The second-order valence-corrected chi connectivity index (χ2v) is 14.7. The molecule has 0 aromatic heterocycles. The first-order valence-corrected chi connectivity index (χ1v) is 20.7. The molecule has 0 fully saturated rings. The Labute approximate surface area is 408 Å². The van der Waals surface area contributed by atoms with Gasteiger partial charge in [-0.25, -0.2) is 0 Å². The Balaban J connectivity index is 0.000000277. The van der Waals surface area contributed by atoms with Crippen LogP contribution in [0.4, 0.5) is 22.7 Å². The lowest BCUT2D eigenvalue weighted by atomic mass is 10.1. The van der Waals surface area contributed by atoms with Gasteiger partial charge in [0.1, 0.15) is 30.6 Å². The predicted octanol–water partition coefficient (Wildman–Crippen LogP) is 8.95. The molecule has 16 nitrogen and oxygen atoms in total. The van der Waals surface area contributed by atoms with E-state index < -0.39 is 39.4 Å². The lowest BCUT2D eigenvalue weighted by Gasteiger charge is -2.24. The van der Waals surface area contributed by atoms with E-state index in [9.17, 15) is 39.7 Å². The molecule has 2 amide bonds. The number of carbonyl (C=O) groups is 3. The standard InChI is InChI=1S/C24H22N2O6.C24H20N2O6.C2H6.2H2S/c2*1-31-22-12-19(24(28)25-18(14-27)11-17-9-5-6-10-20(17)25)21(26(29)30)13-23(22)32-15-16-7-3-2-4-8-16;1-2;;/h2-10,12-13,18,27H,11,14-15H2,1H3;2-10,12-14,18H,11,15H2,1H3;1-2H3;2*1H2/t2*18-;;;/m00.../s1/i;;1D;;. The van der Waals surface area contributed by atoms with Crippen LogP contribution in [0.25, 0.3) is 0 Å². The number of aliphatic hydroxyl groups is 1. The van der Waals surface area contributed by atoms with Gasteiger partial charge in [-0.05, 0) is 40.8 Å². The van der Waals surface area contributed by atoms with Crippen LogP contribution in [0.15, 0.2) is 133 Å². The van der Waals surface area contributed by atoms with Gasteiger partial charge in [0, 0.05) is 31.3 Å². The van der Waals surface area contributed by atoms with Crippen LogP contribution in [0.1, 0.15) is 58.2 Å². The molecular formula is C50H52N4O12S2. The molecule has 2 atom stereocenters. The van der Waals surface area contributed by atoms with Gasteiger partial charge in [-0.2, -0.15) is 27.0 Å². The summed E-state index contributed by atoms with van der Waals surface area (Å²) in [6.07, 6.45) is 1.51. The summed E-state index contributed by atoms with van der Waals surface area (Å²) in [6, 6.07) is 36.9. The summed E-state index contributed by atoms with van der Waals surface area (Å²) in [5.41, 5.74) is 3.57. The number of nitro groups is 2. The highest BCUT2D eigenvalue weighted by molar-refractivity contribution is 7.59. The molecule has 2 aliphatic heterocycles. The zero-order chi connectivity index (χ0) is 48.0. The fourth-order valence-corrected chi connectivity index (χ4v) is 7.68. The van der Waals surface area contributed by atoms with E-state index in [-0.39, 0.29) is 86.6 Å². The van der Waals surface area contributed by atoms with Crippen molar-refractivity contribution >= 4 is 67.8 Å². The van der Waals surface area contributed by atoms with Crippen molar-refractivity contribution < 1.29 is 49.7 Å².